The van der Waals surface area contributed by atoms with Crippen molar-refractivity contribution >= 4 is 29.0 Å². The number of nitrogens with zero attached hydrogens (tertiary/aromatic N) is 4. The number of aromatic nitrogens is 2. The van der Waals surface area contributed by atoms with Crippen LogP contribution in [0.5, 0.6) is 5.75 Å². The van der Waals surface area contributed by atoms with Crippen LogP contribution in [0.1, 0.15) is 42.6 Å². The Morgan fingerprint density at radius 2 is 2.06 bits per heavy atom. The molecular weight excluding hydrogens is 440 g/mol. The van der Waals surface area contributed by atoms with E-state index in [0.29, 0.717) is 27.6 Å². The second kappa shape index (κ2) is 9.16. The molecule has 0 radical (unpaired) electrons. The van der Waals surface area contributed by atoms with Crippen molar-refractivity contribution in [1.29, 1.82) is 0 Å². The Morgan fingerprint density at radius 1 is 1.24 bits per heavy atom. The zero-order valence-electron chi connectivity index (χ0n) is 18.4. The molecule has 9 heteroatoms. The average Bonchev–Trinajstić information content (AvgIpc) is 3.30. The van der Waals surface area contributed by atoms with Crippen molar-refractivity contribution in [3.63, 3.8) is 0 Å². The fraction of sp³-hybridized carbons (Fsp3) is 0.500. The maximum atomic E-state index is 12.6. The molecule has 0 unspecified atom stereocenters. The van der Waals surface area contributed by atoms with E-state index in [4.69, 9.17) is 22.9 Å². The monoisotopic (exact) mass is 466 g/mol. The van der Waals surface area contributed by atoms with Crippen molar-refractivity contribution in [2.45, 2.75) is 44.2 Å². The van der Waals surface area contributed by atoms with Crippen molar-refractivity contribution in [3.05, 3.63) is 52.7 Å². The summed E-state index contributed by atoms with van der Waals surface area (Å²) in [6, 6.07) is 5.24. The molecule has 1 aliphatic carbocycles. The third kappa shape index (κ3) is 4.75. The second-order valence-corrected chi connectivity index (χ2v) is 9.74. The third-order valence-corrected chi connectivity index (χ3v) is 7.23. The van der Waals surface area contributed by atoms with Crippen LogP contribution in [0.2, 0.25) is 5.02 Å². The van der Waals surface area contributed by atoms with Crippen LogP contribution < -0.4 is 20.3 Å². The normalized spacial score (nSPS) is 23.6. The van der Waals surface area contributed by atoms with E-state index in [0.717, 1.165) is 57.7 Å². The molecule has 2 aliphatic heterocycles. The molecule has 172 valence electrons. The lowest BCUT2D eigenvalue weighted by Gasteiger charge is -2.48. The first-order chi connectivity index (χ1) is 16.0. The Kier molecular flexibility index (Phi) is 6.09. The molecule has 2 N–H and O–H groups in total. The van der Waals surface area contributed by atoms with Gasteiger partial charge in [0.15, 0.2) is 0 Å². The van der Waals surface area contributed by atoms with Gasteiger partial charge in [0.05, 0.1) is 30.1 Å². The van der Waals surface area contributed by atoms with Gasteiger partial charge in [0.1, 0.15) is 17.3 Å². The summed E-state index contributed by atoms with van der Waals surface area (Å²) in [5.74, 6) is 1.33. The van der Waals surface area contributed by atoms with Crippen LogP contribution in [-0.4, -0.2) is 54.2 Å². The fourth-order valence-corrected chi connectivity index (χ4v) is 5.23. The van der Waals surface area contributed by atoms with Crippen molar-refractivity contribution in [2.24, 2.45) is 5.41 Å². The summed E-state index contributed by atoms with van der Waals surface area (Å²) in [6.45, 7) is 11.2. The van der Waals surface area contributed by atoms with E-state index < -0.39 is 0 Å². The Balaban J connectivity index is 1.08. The highest BCUT2D eigenvalue weighted by Crippen LogP contribution is 2.38. The third-order valence-electron chi connectivity index (χ3n) is 6.93. The van der Waals surface area contributed by atoms with Gasteiger partial charge < -0.3 is 20.3 Å². The zero-order chi connectivity index (χ0) is 22.8. The lowest BCUT2D eigenvalue weighted by molar-refractivity contribution is 0.0888. The van der Waals surface area contributed by atoms with Crippen molar-refractivity contribution in [3.8, 4) is 5.75 Å². The summed E-state index contributed by atoms with van der Waals surface area (Å²) in [4.78, 5) is 27.1. The van der Waals surface area contributed by atoms with Crippen LogP contribution in [0, 0.1) is 12.0 Å². The molecule has 1 aromatic heterocycles. The molecule has 1 spiro atoms. The number of hydrogen-bond acceptors (Lipinski definition) is 6. The van der Waals surface area contributed by atoms with Gasteiger partial charge in [-0.05, 0) is 50.8 Å². The van der Waals surface area contributed by atoms with Gasteiger partial charge in [-0.15, -0.1) is 0 Å². The second-order valence-electron chi connectivity index (χ2n) is 9.33. The predicted molar refractivity (Wildman–Crippen MR) is 126 cm³/mol. The van der Waals surface area contributed by atoms with E-state index >= 15 is 0 Å². The average molecular weight is 467 g/mol. The first kappa shape index (κ1) is 21.9. The summed E-state index contributed by atoms with van der Waals surface area (Å²) in [5.41, 5.74) is 1.17. The number of carbonyl (C=O) groups excluding carboxylic acids is 1. The Morgan fingerprint density at radius 3 is 2.70 bits per heavy atom. The molecule has 33 heavy (non-hydrogen) atoms. The summed E-state index contributed by atoms with van der Waals surface area (Å²) >= 11 is 6.10. The van der Waals surface area contributed by atoms with Gasteiger partial charge >= 0.3 is 0 Å². The van der Waals surface area contributed by atoms with E-state index in [-0.39, 0.29) is 18.1 Å². The van der Waals surface area contributed by atoms with E-state index in [1.54, 1.807) is 30.6 Å². The number of amides is 1. The molecule has 0 bridgehead atoms. The quantitative estimate of drug-likeness (QED) is 0.655. The number of anilines is 1. The van der Waals surface area contributed by atoms with Crippen LogP contribution in [0.3, 0.4) is 0 Å². The van der Waals surface area contributed by atoms with Gasteiger partial charge in [-0.3, -0.25) is 4.79 Å². The number of benzene rings is 1. The molecule has 2 saturated heterocycles. The number of carbonyl (C=O) groups is 1. The first-order valence-electron chi connectivity index (χ1n) is 11.5. The molecule has 3 fully saturated rings. The number of halogens is 1. The minimum Gasteiger partial charge on any atom is -0.490 e. The maximum absolute atomic E-state index is 12.6. The predicted octanol–water partition coefficient (Wildman–Crippen LogP) is 3.60. The van der Waals surface area contributed by atoms with Crippen molar-refractivity contribution in [1.82, 2.24) is 20.6 Å². The Hall–Kier alpha value is -2.89. The lowest BCUT2D eigenvalue weighted by atomic mass is 9.79. The highest BCUT2D eigenvalue weighted by atomic mass is 35.5. The van der Waals surface area contributed by atoms with Crippen LogP contribution in [0.15, 0.2) is 30.6 Å². The minimum atomic E-state index is -0.181. The van der Waals surface area contributed by atoms with Gasteiger partial charge in [0.25, 0.3) is 5.91 Å². The zero-order valence-corrected chi connectivity index (χ0v) is 19.1. The standard InChI is InChI=1S/C24H27ClN6O2/c1-26-20-7-6-18(10-19(20)25)33-17-4-2-16(3-5-17)30-23(32)21-11-29-22(12-28-21)31-14-24(15-31)8-9-27-13-24/h6-7,10-12,16-17,27H,2-5,8-9,13-15H2,(H,30,32). The number of nitrogens with one attached hydrogen (secondary N) is 2. The number of rotatable bonds is 5. The van der Waals surface area contributed by atoms with Crippen LogP contribution in [0.25, 0.3) is 4.85 Å². The van der Waals surface area contributed by atoms with Crippen LogP contribution in [-0.2, 0) is 0 Å². The van der Waals surface area contributed by atoms with Gasteiger partial charge in [-0.25, -0.2) is 14.8 Å². The minimum absolute atomic E-state index is 0.0713. The molecule has 3 aliphatic rings. The summed E-state index contributed by atoms with van der Waals surface area (Å²) in [5, 5.41) is 6.92. The molecule has 1 aromatic carbocycles. The molecular formula is C24H27ClN6O2. The molecule has 8 nitrogen and oxygen atoms in total. The van der Waals surface area contributed by atoms with Crippen LogP contribution >= 0.6 is 11.6 Å². The summed E-state index contributed by atoms with van der Waals surface area (Å²) in [7, 11) is 0. The van der Waals surface area contributed by atoms with E-state index in [1.807, 2.05) is 0 Å². The van der Waals surface area contributed by atoms with Crippen LogP contribution in [0.4, 0.5) is 11.5 Å². The topological polar surface area (TPSA) is 83.7 Å². The summed E-state index contributed by atoms with van der Waals surface area (Å²) in [6.07, 6.45) is 7.91. The van der Waals surface area contributed by atoms with Gasteiger partial charge in [-0.2, -0.15) is 0 Å². The summed E-state index contributed by atoms with van der Waals surface area (Å²) < 4.78 is 6.03. The largest absolute Gasteiger partial charge is 0.490 e. The number of ether oxygens (including phenoxy) is 1. The Labute approximate surface area is 198 Å². The molecule has 3 heterocycles. The maximum Gasteiger partial charge on any atom is 0.271 e. The van der Waals surface area contributed by atoms with Gasteiger partial charge in [0.2, 0.25) is 5.69 Å². The number of hydrogen-bond donors (Lipinski definition) is 2. The molecule has 1 amide bonds. The van der Waals surface area contributed by atoms with Crippen molar-refractivity contribution < 1.29 is 9.53 Å². The Bertz CT molecular complexity index is 1050. The molecule has 5 rings (SSSR count). The van der Waals surface area contributed by atoms with E-state index in [9.17, 15) is 4.79 Å². The fourth-order valence-electron chi connectivity index (χ4n) is 5.02. The highest BCUT2D eigenvalue weighted by Gasteiger charge is 2.45. The molecule has 2 aromatic rings. The van der Waals surface area contributed by atoms with Gasteiger partial charge in [-0.1, -0.05) is 17.7 Å². The van der Waals surface area contributed by atoms with E-state index in [2.05, 4.69) is 30.3 Å². The SMILES string of the molecule is [C-]#[N+]c1ccc(OC2CCC(NC(=O)c3cnc(N4CC5(CCNC5)C4)cn3)CC2)cc1Cl. The highest BCUT2D eigenvalue weighted by molar-refractivity contribution is 6.33. The lowest BCUT2D eigenvalue weighted by Crippen LogP contribution is -2.57. The smallest absolute Gasteiger partial charge is 0.271 e. The molecule has 0 atom stereocenters. The first-order valence-corrected chi connectivity index (χ1v) is 11.8. The van der Waals surface area contributed by atoms with Crippen molar-refractivity contribution in [2.75, 3.05) is 31.1 Å². The van der Waals surface area contributed by atoms with Gasteiger partial charge in [0, 0.05) is 31.1 Å². The van der Waals surface area contributed by atoms with E-state index in [1.165, 1.54) is 6.42 Å². The molecule has 1 saturated carbocycles.